The van der Waals surface area contributed by atoms with Gasteiger partial charge >= 0.3 is 0 Å². The predicted molar refractivity (Wildman–Crippen MR) is 77.0 cm³/mol. The molecule has 1 fully saturated rings. The van der Waals surface area contributed by atoms with Gasteiger partial charge in [0, 0.05) is 12.5 Å². The van der Waals surface area contributed by atoms with E-state index >= 15 is 0 Å². The Kier molecular flexibility index (Phi) is 3.69. The lowest BCUT2D eigenvalue weighted by atomic mass is 9.77. The number of carbonyl (C=O) groups is 1. The van der Waals surface area contributed by atoms with E-state index in [2.05, 4.69) is 36.5 Å². The van der Waals surface area contributed by atoms with Gasteiger partial charge in [0.1, 0.15) is 0 Å². The van der Waals surface area contributed by atoms with Crippen molar-refractivity contribution < 1.29 is 4.79 Å². The number of benzene rings is 1. The molecule has 1 unspecified atom stereocenters. The minimum atomic E-state index is -0.0524. The monoisotopic (exact) mass is 257 g/mol. The SMILES string of the molecule is CC1CCC(C(=O)C2NCCc3ccccc32)CC1. The standard InChI is InChI=1S/C17H23NO/c1-12-6-8-14(9-7-12)17(19)16-15-5-3-2-4-13(15)10-11-18-16/h2-5,12,14,16,18H,6-11H2,1H3. The van der Waals surface area contributed by atoms with Crippen molar-refractivity contribution in [2.24, 2.45) is 11.8 Å². The summed E-state index contributed by atoms with van der Waals surface area (Å²) in [5.41, 5.74) is 2.57. The minimum absolute atomic E-state index is 0.0524. The zero-order valence-corrected chi connectivity index (χ0v) is 11.7. The van der Waals surface area contributed by atoms with Crippen LogP contribution in [0.25, 0.3) is 0 Å². The summed E-state index contributed by atoms with van der Waals surface area (Å²) >= 11 is 0. The highest BCUT2D eigenvalue weighted by molar-refractivity contribution is 5.88. The third-order valence-corrected chi connectivity index (χ3v) is 4.81. The molecule has 1 aromatic rings. The first-order chi connectivity index (χ1) is 9.25. The Morgan fingerprint density at radius 1 is 1.16 bits per heavy atom. The van der Waals surface area contributed by atoms with Crippen LogP contribution in [0.4, 0.5) is 0 Å². The van der Waals surface area contributed by atoms with Crippen molar-refractivity contribution in [1.29, 1.82) is 0 Å². The second-order valence-corrected chi connectivity index (χ2v) is 6.20. The fraction of sp³-hybridized carbons (Fsp3) is 0.588. The molecular formula is C17H23NO. The molecule has 1 saturated carbocycles. The molecule has 1 aliphatic carbocycles. The fourth-order valence-electron chi connectivity index (χ4n) is 3.54. The summed E-state index contributed by atoms with van der Waals surface area (Å²) in [6.45, 7) is 3.23. The molecule has 2 heteroatoms. The molecule has 1 aromatic carbocycles. The number of fused-ring (bicyclic) bond motifs is 1. The number of hydrogen-bond acceptors (Lipinski definition) is 2. The van der Waals surface area contributed by atoms with Gasteiger partial charge in [0.2, 0.25) is 0 Å². The van der Waals surface area contributed by atoms with Crippen molar-refractivity contribution in [2.75, 3.05) is 6.54 Å². The van der Waals surface area contributed by atoms with E-state index < -0.39 is 0 Å². The molecule has 0 spiro atoms. The Hall–Kier alpha value is -1.15. The van der Waals surface area contributed by atoms with Crippen LogP contribution in [0.5, 0.6) is 0 Å². The van der Waals surface area contributed by atoms with Crippen molar-refractivity contribution >= 4 is 5.78 Å². The highest BCUT2D eigenvalue weighted by Crippen LogP contribution is 2.33. The Labute approximate surface area is 115 Å². The van der Waals surface area contributed by atoms with E-state index in [1.54, 1.807) is 0 Å². The van der Waals surface area contributed by atoms with E-state index in [1.165, 1.54) is 24.0 Å². The predicted octanol–water partition coefficient (Wildman–Crippen LogP) is 3.27. The fourth-order valence-corrected chi connectivity index (χ4v) is 3.54. The minimum Gasteiger partial charge on any atom is -0.303 e. The lowest BCUT2D eigenvalue weighted by Crippen LogP contribution is -2.38. The van der Waals surface area contributed by atoms with E-state index in [-0.39, 0.29) is 12.0 Å². The molecule has 102 valence electrons. The van der Waals surface area contributed by atoms with Crippen LogP contribution in [-0.2, 0) is 11.2 Å². The van der Waals surface area contributed by atoms with Crippen molar-refractivity contribution in [3.63, 3.8) is 0 Å². The summed E-state index contributed by atoms with van der Waals surface area (Å²) < 4.78 is 0. The average molecular weight is 257 g/mol. The lowest BCUT2D eigenvalue weighted by Gasteiger charge is -2.31. The zero-order valence-electron chi connectivity index (χ0n) is 11.7. The van der Waals surface area contributed by atoms with Crippen LogP contribution < -0.4 is 5.32 Å². The second kappa shape index (κ2) is 5.46. The summed E-state index contributed by atoms with van der Waals surface area (Å²) in [6, 6.07) is 8.36. The highest BCUT2D eigenvalue weighted by atomic mass is 16.1. The smallest absolute Gasteiger partial charge is 0.157 e. The maximum absolute atomic E-state index is 12.8. The topological polar surface area (TPSA) is 29.1 Å². The average Bonchev–Trinajstić information content (AvgIpc) is 2.47. The molecule has 1 heterocycles. The first-order valence-electron chi connectivity index (χ1n) is 7.60. The lowest BCUT2D eigenvalue weighted by molar-refractivity contribution is -0.126. The number of ketones is 1. The quantitative estimate of drug-likeness (QED) is 0.881. The van der Waals surface area contributed by atoms with E-state index in [0.29, 0.717) is 5.78 Å². The third kappa shape index (κ3) is 2.59. The van der Waals surface area contributed by atoms with Crippen LogP contribution in [0.2, 0.25) is 0 Å². The Bertz CT molecular complexity index is 460. The number of Topliss-reactive ketones (excluding diaryl/α,β-unsaturated/α-hetero) is 1. The van der Waals surface area contributed by atoms with Gasteiger partial charge in [-0.15, -0.1) is 0 Å². The van der Waals surface area contributed by atoms with Gasteiger partial charge in [0.25, 0.3) is 0 Å². The van der Waals surface area contributed by atoms with Crippen LogP contribution >= 0.6 is 0 Å². The van der Waals surface area contributed by atoms with Gasteiger partial charge in [-0.25, -0.2) is 0 Å². The largest absolute Gasteiger partial charge is 0.303 e. The van der Waals surface area contributed by atoms with Gasteiger partial charge in [-0.2, -0.15) is 0 Å². The van der Waals surface area contributed by atoms with E-state index in [4.69, 9.17) is 0 Å². The van der Waals surface area contributed by atoms with Crippen LogP contribution in [0.3, 0.4) is 0 Å². The number of rotatable bonds is 2. The molecule has 2 nitrogen and oxygen atoms in total. The highest BCUT2D eigenvalue weighted by Gasteiger charge is 2.32. The van der Waals surface area contributed by atoms with E-state index in [1.807, 2.05) is 0 Å². The molecule has 19 heavy (non-hydrogen) atoms. The molecule has 0 amide bonds. The van der Waals surface area contributed by atoms with Gasteiger partial charge in [0.05, 0.1) is 6.04 Å². The molecule has 1 N–H and O–H groups in total. The summed E-state index contributed by atoms with van der Waals surface area (Å²) in [4.78, 5) is 12.8. The van der Waals surface area contributed by atoms with Crippen LogP contribution in [0.1, 0.15) is 49.8 Å². The Balaban J connectivity index is 1.78. The molecule has 0 bridgehead atoms. The van der Waals surface area contributed by atoms with Crippen LogP contribution in [0, 0.1) is 11.8 Å². The van der Waals surface area contributed by atoms with Crippen LogP contribution in [-0.4, -0.2) is 12.3 Å². The maximum Gasteiger partial charge on any atom is 0.157 e. The van der Waals surface area contributed by atoms with E-state index in [9.17, 15) is 4.79 Å². The van der Waals surface area contributed by atoms with Gasteiger partial charge in [-0.1, -0.05) is 44.0 Å². The maximum atomic E-state index is 12.8. The second-order valence-electron chi connectivity index (χ2n) is 6.20. The van der Waals surface area contributed by atoms with Crippen LogP contribution in [0.15, 0.2) is 24.3 Å². The Morgan fingerprint density at radius 2 is 1.89 bits per heavy atom. The third-order valence-electron chi connectivity index (χ3n) is 4.81. The summed E-state index contributed by atoms with van der Waals surface area (Å²) in [6.07, 6.45) is 5.64. The van der Waals surface area contributed by atoms with Crippen molar-refractivity contribution in [1.82, 2.24) is 5.32 Å². The molecule has 1 atom stereocenters. The molecule has 0 aromatic heterocycles. The molecule has 0 radical (unpaired) electrons. The number of hydrogen-bond donors (Lipinski definition) is 1. The molecule has 3 rings (SSSR count). The molecule has 1 aliphatic heterocycles. The summed E-state index contributed by atoms with van der Waals surface area (Å²) in [7, 11) is 0. The van der Waals surface area contributed by atoms with Crippen molar-refractivity contribution in [3.8, 4) is 0 Å². The first kappa shape index (κ1) is 12.9. The van der Waals surface area contributed by atoms with Crippen molar-refractivity contribution in [3.05, 3.63) is 35.4 Å². The van der Waals surface area contributed by atoms with Gasteiger partial charge in [-0.05, 0) is 36.3 Å². The van der Waals surface area contributed by atoms with Gasteiger partial charge in [0.15, 0.2) is 5.78 Å². The molecule has 2 aliphatic rings. The number of carbonyl (C=O) groups excluding carboxylic acids is 1. The van der Waals surface area contributed by atoms with Gasteiger partial charge in [-0.3, -0.25) is 4.79 Å². The Morgan fingerprint density at radius 3 is 2.68 bits per heavy atom. The summed E-state index contributed by atoms with van der Waals surface area (Å²) in [5, 5.41) is 3.43. The normalized spacial score (nSPS) is 30.7. The number of nitrogens with one attached hydrogen (secondary N) is 1. The first-order valence-corrected chi connectivity index (χ1v) is 7.60. The van der Waals surface area contributed by atoms with E-state index in [0.717, 1.165) is 31.7 Å². The zero-order chi connectivity index (χ0) is 13.2. The molecule has 0 saturated heterocycles. The molecular weight excluding hydrogens is 234 g/mol. The van der Waals surface area contributed by atoms with Crippen molar-refractivity contribution in [2.45, 2.75) is 45.1 Å². The van der Waals surface area contributed by atoms with Gasteiger partial charge < -0.3 is 5.32 Å². The summed E-state index contributed by atoms with van der Waals surface area (Å²) in [5.74, 6) is 1.51.